The van der Waals surface area contributed by atoms with Crippen molar-refractivity contribution in [2.24, 2.45) is 5.73 Å². The van der Waals surface area contributed by atoms with Gasteiger partial charge < -0.3 is 10.5 Å². The monoisotopic (exact) mass is 243 g/mol. The second-order valence-corrected chi connectivity index (χ2v) is 3.70. The van der Waals surface area contributed by atoms with Crippen LogP contribution in [0.1, 0.15) is 24.1 Å². The molecule has 17 heavy (non-hydrogen) atoms. The Morgan fingerprint density at radius 1 is 1.53 bits per heavy atom. The van der Waals surface area contributed by atoms with Gasteiger partial charge in [-0.2, -0.15) is 0 Å². The number of nitrogens with two attached hydrogens (primary N) is 1. The van der Waals surface area contributed by atoms with Crippen LogP contribution in [0.15, 0.2) is 18.2 Å². The maximum atomic E-state index is 13.6. The quantitative estimate of drug-likeness (QED) is 0.823. The molecule has 0 radical (unpaired) electrons. The van der Waals surface area contributed by atoms with Crippen LogP contribution in [0.2, 0.25) is 0 Å². The molecule has 2 atom stereocenters. The van der Waals surface area contributed by atoms with Crippen LogP contribution < -0.4 is 5.73 Å². The molecule has 5 heteroatoms. The number of rotatable bonds is 4. The third-order valence-electron chi connectivity index (χ3n) is 2.34. The average Bonchev–Trinajstić information content (AvgIpc) is 2.27. The van der Waals surface area contributed by atoms with Crippen molar-refractivity contribution in [2.75, 3.05) is 6.61 Å². The van der Waals surface area contributed by atoms with Crippen LogP contribution in [0.3, 0.4) is 0 Å². The lowest BCUT2D eigenvalue weighted by atomic mass is 10.0. The molecule has 0 fully saturated rings. The van der Waals surface area contributed by atoms with Gasteiger partial charge in [-0.05, 0) is 25.5 Å². The van der Waals surface area contributed by atoms with Crippen molar-refractivity contribution >= 4 is 5.97 Å². The van der Waals surface area contributed by atoms with Crippen molar-refractivity contribution in [3.05, 3.63) is 35.1 Å². The first kappa shape index (κ1) is 13.6. The highest BCUT2D eigenvalue weighted by Gasteiger charge is 2.29. The van der Waals surface area contributed by atoms with E-state index in [0.29, 0.717) is 5.56 Å². The van der Waals surface area contributed by atoms with E-state index in [1.54, 1.807) is 19.9 Å². The lowest BCUT2D eigenvalue weighted by Crippen LogP contribution is -2.32. The van der Waals surface area contributed by atoms with Crippen molar-refractivity contribution in [3.63, 3.8) is 0 Å². The Labute approximate surface area is 98.6 Å². The molecule has 0 spiro atoms. The van der Waals surface area contributed by atoms with E-state index in [4.69, 9.17) is 5.73 Å². The van der Waals surface area contributed by atoms with Gasteiger partial charge in [0.2, 0.25) is 6.17 Å². The maximum Gasteiger partial charge on any atom is 0.342 e. The second-order valence-electron chi connectivity index (χ2n) is 3.70. The van der Waals surface area contributed by atoms with E-state index in [2.05, 4.69) is 4.74 Å². The molecule has 0 saturated carbocycles. The summed E-state index contributed by atoms with van der Waals surface area (Å²) in [5.74, 6) is -1.69. The normalized spacial score (nSPS) is 14.2. The van der Waals surface area contributed by atoms with Gasteiger partial charge in [0.15, 0.2) is 0 Å². The predicted octanol–water partition coefficient (Wildman–Crippen LogP) is 2.04. The molecule has 0 aliphatic heterocycles. The number of esters is 1. The molecule has 0 heterocycles. The van der Waals surface area contributed by atoms with E-state index in [-0.39, 0.29) is 12.2 Å². The first-order valence-electron chi connectivity index (χ1n) is 5.29. The zero-order valence-corrected chi connectivity index (χ0v) is 9.74. The fraction of sp³-hybridized carbons (Fsp3) is 0.417. The van der Waals surface area contributed by atoms with Crippen LogP contribution in [-0.4, -0.2) is 18.7 Å². The van der Waals surface area contributed by atoms with Crippen LogP contribution in [0.5, 0.6) is 0 Å². The van der Waals surface area contributed by atoms with E-state index >= 15 is 0 Å². The minimum atomic E-state index is -2.06. The predicted molar refractivity (Wildman–Crippen MR) is 59.6 cm³/mol. The molecule has 1 aromatic carbocycles. The number of benzene rings is 1. The number of ether oxygens (including phenoxy) is 1. The summed E-state index contributed by atoms with van der Waals surface area (Å²) in [6.07, 6.45) is -2.06. The summed E-state index contributed by atoms with van der Waals surface area (Å²) in [5, 5.41) is 0. The molecule has 0 aliphatic carbocycles. The summed E-state index contributed by atoms with van der Waals surface area (Å²) >= 11 is 0. The van der Waals surface area contributed by atoms with Crippen LogP contribution in [0.4, 0.5) is 8.78 Å². The van der Waals surface area contributed by atoms with E-state index in [0.717, 1.165) is 0 Å². The minimum absolute atomic E-state index is 0.0313. The maximum absolute atomic E-state index is 13.6. The van der Waals surface area contributed by atoms with Gasteiger partial charge in [0.1, 0.15) is 5.82 Å². The van der Waals surface area contributed by atoms with E-state index in [1.165, 1.54) is 12.1 Å². The molecule has 0 aromatic heterocycles. The molecule has 0 aliphatic rings. The number of carbonyl (C=O) groups excluding carboxylic acids is 1. The van der Waals surface area contributed by atoms with Crippen LogP contribution in [0.25, 0.3) is 0 Å². The Kier molecular flexibility index (Phi) is 4.57. The lowest BCUT2D eigenvalue weighted by Gasteiger charge is -2.16. The van der Waals surface area contributed by atoms with Crippen LogP contribution in [0, 0.1) is 12.7 Å². The largest absolute Gasteiger partial charge is 0.464 e. The molecule has 2 N–H and O–H groups in total. The lowest BCUT2D eigenvalue weighted by molar-refractivity contribution is -0.149. The average molecular weight is 243 g/mol. The van der Waals surface area contributed by atoms with Crippen molar-refractivity contribution < 1.29 is 18.3 Å². The Morgan fingerprint density at radius 3 is 2.71 bits per heavy atom. The fourth-order valence-electron chi connectivity index (χ4n) is 1.43. The van der Waals surface area contributed by atoms with Crippen molar-refractivity contribution in [1.29, 1.82) is 0 Å². The summed E-state index contributed by atoms with van der Waals surface area (Å²) in [5.41, 5.74) is 6.17. The molecule has 0 bridgehead atoms. The van der Waals surface area contributed by atoms with E-state index in [9.17, 15) is 13.6 Å². The van der Waals surface area contributed by atoms with Gasteiger partial charge >= 0.3 is 5.97 Å². The zero-order chi connectivity index (χ0) is 13.0. The van der Waals surface area contributed by atoms with E-state index < -0.39 is 24.0 Å². The number of aryl methyl sites for hydroxylation is 1. The SMILES string of the molecule is CCOC(=O)C(F)[C@H](N)c1ccc(C)cc1F. The smallest absolute Gasteiger partial charge is 0.342 e. The van der Waals surface area contributed by atoms with Gasteiger partial charge in [0.25, 0.3) is 0 Å². The molecule has 3 nitrogen and oxygen atoms in total. The molecular formula is C12H15F2NO2. The third kappa shape index (κ3) is 3.23. The molecule has 1 unspecified atom stereocenters. The number of alkyl halides is 1. The highest BCUT2D eigenvalue weighted by Crippen LogP contribution is 2.21. The van der Waals surface area contributed by atoms with Crippen LogP contribution >= 0.6 is 0 Å². The fourth-order valence-corrected chi connectivity index (χ4v) is 1.43. The van der Waals surface area contributed by atoms with E-state index in [1.807, 2.05) is 0 Å². The Morgan fingerprint density at radius 2 is 2.18 bits per heavy atom. The molecule has 1 aromatic rings. The van der Waals surface area contributed by atoms with Gasteiger partial charge in [-0.3, -0.25) is 0 Å². The molecule has 1 rings (SSSR count). The number of carbonyl (C=O) groups is 1. The summed E-state index contributed by atoms with van der Waals surface area (Å²) < 4.78 is 31.6. The van der Waals surface area contributed by atoms with Crippen molar-refractivity contribution in [3.8, 4) is 0 Å². The van der Waals surface area contributed by atoms with Gasteiger partial charge in [-0.15, -0.1) is 0 Å². The molecule has 0 saturated heterocycles. The van der Waals surface area contributed by atoms with Crippen molar-refractivity contribution in [2.45, 2.75) is 26.1 Å². The summed E-state index contributed by atoms with van der Waals surface area (Å²) in [6.45, 7) is 3.32. The summed E-state index contributed by atoms with van der Waals surface area (Å²) in [6, 6.07) is 2.87. The molecule has 94 valence electrons. The first-order valence-corrected chi connectivity index (χ1v) is 5.29. The number of halogens is 2. The van der Waals surface area contributed by atoms with Crippen LogP contribution in [-0.2, 0) is 9.53 Å². The highest BCUT2D eigenvalue weighted by atomic mass is 19.1. The molecule has 0 amide bonds. The summed E-state index contributed by atoms with van der Waals surface area (Å²) in [4.78, 5) is 11.1. The first-order chi connectivity index (χ1) is 7.97. The Balaban J connectivity index is 2.88. The van der Waals surface area contributed by atoms with Gasteiger partial charge in [0, 0.05) is 5.56 Å². The van der Waals surface area contributed by atoms with Crippen molar-refractivity contribution in [1.82, 2.24) is 0 Å². The topological polar surface area (TPSA) is 52.3 Å². The number of hydrogen-bond acceptors (Lipinski definition) is 3. The zero-order valence-electron chi connectivity index (χ0n) is 9.74. The highest BCUT2D eigenvalue weighted by molar-refractivity contribution is 5.75. The summed E-state index contributed by atoms with van der Waals surface area (Å²) in [7, 11) is 0. The van der Waals surface area contributed by atoms with Gasteiger partial charge in [-0.25, -0.2) is 13.6 Å². The third-order valence-corrected chi connectivity index (χ3v) is 2.34. The molecular weight excluding hydrogens is 228 g/mol. The van der Waals surface area contributed by atoms with Gasteiger partial charge in [0.05, 0.1) is 12.6 Å². The second kappa shape index (κ2) is 5.72. The Hall–Kier alpha value is -1.49. The van der Waals surface area contributed by atoms with Gasteiger partial charge in [-0.1, -0.05) is 12.1 Å². The standard InChI is InChI=1S/C12H15F2NO2/c1-3-17-12(16)10(14)11(15)8-5-4-7(2)6-9(8)13/h4-6,10-11H,3,15H2,1-2H3/t10?,11-/m1/s1. The number of hydrogen-bond donors (Lipinski definition) is 1. The minimum Gasteiger partial charge on any atom is -0.464 e. The Bertz CT molecular complexity index is 409.